The zero-order valence-corrected chi connectivity index (χ0v) is 7.52. The molecule has 13 heavy (non-hydrogen) atoms. The fourth-order valence-corrected chi connectivity index (χ4v) is 0.934. The molecule has 0 saturated heterocycles. The van der Waals surface area contributed by atoms with Crippen molar-refractivity contribution in [1.29, 1.82) is 0 Å². The van der Waals surface area contributed by atoms with Crippen LogP contribution in [-0.2, 0) is 11.3 Å². The molecule has 0 aliphatic heterocycles. The topological polar surface area (TPSA) is 79.5 Å². The number of nitrogens with zero attached hydrogens (tertiary/aromatic N) is 3. The number of hydrogen-bond acceptors (Lipinski definition) is 5. The largest absolute Gasteiger partial charge is 0.480 e. The van der Waals surface area contributed by atoms with Gasteiger partial charge >= 0.3 is 5.97 Å². The number of rotatable bonds is 4. The maximum absolute atomic E-state index is 10.3. The van der Waals surface area contributed by atoms with E-state index >= 15 is 0 Å². The van der Waals surface area contributed by atoms with Crippen LogP contribution in [0.2, 0.25) is 0 Å². The Labute approximate surface area is 75.2 Å². The van der Waals surface area contributed by atoms with Gasteiger partial charge in [-0.3, -0.25) is 9.69 Å². The van der Waals surface area contributed by atoms with Gasteiger partial charge in [-0.15, -0.1) is 0 Å². The van der Waals surface area contributed by atoms with Crippen molar-refractivity contribution in [2.75, 3.05) is 13.6 Å². The summed E-state index contributed by atoms with van der Waals surface area (Å²) < 4.78 is 4.74. The molecule has 0 atom stereocenters. The van der Waals surface area contributed by atoms with Gasteiger partial charge in [0, 0.05) is 6.92 Å². The third-order valence-electron chi connectivity index (χ3n) is 1.39. The second kappa shape index (κ2) is 3.99. The van der Waals surface area contributed by atoms with Crippen LogP contribution in [0.5, 0.6) is 0 Å². The first-order valence-corrected chi connectivity index (χ1v) is 3.77. The smallest absolute Gasteiger partial charge is 0.317 e. The molecule has 1 aromatic heterocycles. The normalized spacial score (nSPS) is 10.7. The maximum atomic E-state index is 10.3. The Balaban J connectivity index is 2.44. The van der Waals surface area contributed by atoms with Crippen molar-refractivity contribution in [3.05, 3.63) is 11.7 Å². The highest BCUT2D eigenvalue weighted by atomic mass is 16.5. The van der Waals surface area contributed by atoms with Crippen molar-refractivity contribution in [3.63, 3.8) is 0 Å². The van der Waals surface area contributed by atoms with Crippen LogP contribution in [0.15, 0.2) is 4.52 Å². The zero-order valence-electron chi connectivity index (χ0n) is 7.52. The third-order valence-corrected chi connectivity index (χ3v) is 1.39. The fraction of sp³-hybridized carbons (Fsp3) is 0.571. The molecule has 1 aromatic rings. The van der Waals surface area contributed by atoms with Crippen LogP contribution in [0.1, 0.15) is 11.7 Å². The fourth-order valence-electron chi connectivity index (χ4n) is 0.934. The molecule has 0 amide bonds. The molecule has 6 heteroatoms. The highest BCUT2D eigenvalue weighted by Crippen LogP contribution is 1.98. The van der Waals surface area contributed by atoms with Gasteiger partial charge in [-0.25, -0.2) is 0 Å². The van der Waals surface area contributed by atoms with E-state index in [0.29, 0.717) is 18.3 Å². The molecule has 6 nitrogen and oxygen atoms in total. The molecule has 0 bridgehead atoms. The van der Waals surface area contributed by atoms with E-state index in [-0.39, 0.29) is 6.54 Å². The lowest BCUT2D eigenvalue weighted by atomic mass is 10.5. The van der Waals surface area contributed by atoms with E-state index in [9.17, 15) is 4.79 Å². The van der Waals surface area contributed by atoms with Crippen LogP contribution in [-0.4, -0.2) is 39.7 Å². The monoisotopic (exact) mass is 185 g/mol. The van der Waals surface area contributed by atoms with Crippen molar-refractivity contribution in [1.82, 2.24) is 15.0 Å². The first-order valence-electron chi connectivity index (χ1n) is 3.77. The van der Waals surface area contributed by atoms with E-state index in [0.717, 1.165) is 0 Å². The zero-order chi connectivity index (χ0) is 9.84. The van der Waals surface area contributed by atoms with E-state index < -0.39 is 5.97 Å². The number of aryl methyl sites for hydroxylation is 1. The summed E-state index contributed by atoms with van der Waals surface area (Å²) in [5, 5.41) is 12.1. The second-order valence-electron chi connectivity index (χ2n) is 2.80. The molecule has 0 spiro atoms. The molecule has 0 aliphatic carbocycles. The average Bonchev–Trinajstić information content (AvgIpc) is 2.33. The Morgan fingerprint density at radius 1 is 1.69 bits per heavy atom. The van der Waals surface area contributed by atoms with Gasteiger partial charge in [0.15, 0.2) is 5.82 Å². The van der Waals surface area contributed by atoms with Gasteiger partial charge < -0.3 is 9.63 Å². The first kappa shape index (κ1) is 9.66. The quantitative estimate of drug-likeness (QED) is 0.705. The average molecular weight is 185 g/mol. The summed E-state index contributed by atoms with van der Waals surface area (Å²) in [6.45, 7) is 2.03. The Bertz CT molecular complexity index is 297. The minimum absolute atomic E-state index is 0.0341. The molecule has 0 unspecified atom stereocenters. The van der Waals surface area contributed by atoms with Crippen LogP contribution >= 0.6 is 0 Å². The van der Waals surface area contributed by atoms with Crippen molar-refractivity contribution >= 4 is 5.97 Å². The predicted molar refractivity (Wildman–Crippen MR) is 43.0 cm³/mol. The van der Waals surface area contributed by atoms with E-state index in [2.05, 4.69) is 10.1 Å². The second-order valence-corrected chi connectivity index (χ2v) is 2.80. The number of carbonyl (C=O) groups is 1. The summed E-state index contributed by atoms with van der Waals surface area (Å²) in [4.78, 5) is 15.8. The van der Waals surface area contributed by atoms with E-state index in [4.69, 9.17) is 9.63 Å². The summed E-state index contributed by atoms with van der Waals surface area (Å²) in [7, 11) is 1.68. The van der Waals surface area contributed by atoms with E-state index in [1.165, 1.54) is 0 Å². The Hall–Kier alpha value is -1.43. The van der Waals surface area contributed by atoms with Crippen molar-refractivity contribution in [2.45, 2.75) is 13.5 Å². The van der Waals surface area contributed by atoms with E-state index in [1.54, 1.807) is 18.9 Å². The van der Waals surface area contributed by atoms with Gasteiger partial charge in [-0.05, 0) is 7.05 Å². The van der Waals surface area contributed by atoms with E-state index in [1.807, 2.05) is 0 Å². The van der Waals surface area contributed by atoms with Crippen LogP contribution in [0.4, 0.5) is 0 Å². The highest BCUT2D eigenvalue weighted by molar-refractivity contribution is 5.68. The lowest BCUT2D eigenvalue weighted by molar-refractivity contribution is -0.138. The Morgan fingerprint density at radius 3 is 2.85 bits per heavy atom. The Kier molecular flexibility index (Phi) is 2.97. The summed E-state index contributed by atoms with van der Waals surface area (Å²) in [6, 6.07) is 0. The summed E-state index contributed by atoms with van der Waals surface area (Å²) >= 11 is 0. The molecular weight excluding hydrogens is 174 g/mol. The summed E-state index contributed by atoms with van der Waals surface area (Å²) in [5.74, 6) is 0.114. The molecule has 0 aliphatic rings. The lowest BCUT2D eigenvalue weighted by Gasteiger charge is -2.09. The van der Waals surface area contributed by atoms with Crippen molar-refractivity contribution in [3.8, 4) is 0 Å². The first-order chi connectivity index (χ1) is 6.08. The number of aliphatic carboxylic acids is 1. The number of aromatic nitrogens is 2. The number of carboxylic acids is 1. The number of likely N-dealkylation sites (N-methyl/N-ethyl adjacent to an activating group) is 1. The van der Waals surface area contributed by atoms with Gasteiger partial charge in [0.25, 0.3) is 0 Å². The van der Waals surface area contributed by atoms with Crippen LogP contribution in [0.25, 0.3) is 0 Å². The number of hydrogen-bond donors (Lipinski definition) is 1. The maximum Gasteiger partial charge on any atom is 0.317 e. The molecule has 0 radical (unpaired) electrons. The standard InChI is InChI=1S/C7H11N3O3/c1-5-8-6(9-13-5)3-10(2)4-7(11)12/h3-4H2,1-2H3,(H,11,12). The van der Waals surface area contributed by atoms with Crippen LogP contribution in [0.3, 0.4) is 0 Å². The van der Waals surface area contributed by atoms with Crippen LogP contribution in [0, 0.1) is 6.92 Å². The third kappa shape index (κ3) is 3.20. The molecular formula is C7H11N3O3. The summed E-state index contributed by atoms with van der Waals surface area (Å²) in [6.07, 6.45) is 0. The van der Waals surface area contributed by atoms with Gasteiger partial charge in [0.2, 0.25) is 5.89 Å². The predicted octanol–water partition coefficient (Wildman–Crippen LogP) is -0.106. The van der Waals surface area contributed by atoms with Crippen molar-refractivity contribution < 1.29 is 14.4 Å². The van der Waals surface area contributed by atoms with Crippen LogP contribution < -0.4 is 0 Å². The lowest BCUT2D eigenvalue weighted by Crippen LogP contribution is -2.25. The van der Waals surface area contributed by atoms with Crippen molar-refractivity contribution in [2.24, 2.45) is 0 Å². The molecule has 1 rings (SSSR count). The molecule has 1 heterocycles. The number of carboxylic acid groups (broad SMARTS) is 1. The van der Waals surface area contributed by atoms with Gasteiger partial charge in [0.1, 0.15) is 0 Å². The molecule has 72 valence electrons. The minimum atomic E-state index is -0.872. The van der Waals surface area contributed by atoms with Gasteiger partial charge in [-0.2, -0.15) is 4.98 Å². The Morgan fingerprint density at radius 2 is 2.38 bits per heavy atom. The summed E-state index contributed by atoms with van der Waals surface area (Å²) in [5.41, 5.74) is 0. The highest BCUT2D eigenvalue weighted by Gasteiger charge is 2.08. The molecule has 0 aromatic carbocycles. The minimum Gasteiger partial charge on any atom is -0.480 e. The molecule has 0 saturated carbocycles. The van der Waals surface area contributed by atoms with Gasteiger partial charge in [-0.1, -0.05) is 5.16 Å². The van der Waals surface area contributed by atoms with Gasteiger partial charge in [0.05, 0.1) is 13.1 Å². The SMILES string of the molecule is Cc1nc(CN(C)CC(=O)O)no1. The molecule has 1 N–H and O–H groups in total. The molecule has 0 fully saturated rings.